The van der Waals surface area contributed by atoms with Crippen molar-refractivity contribution in [1.29, 1.82) is 0 Å². The van der Waals surface area contributed by atoms with Gasteiger partial charge in [0.15, 0.2) is 11.5 Å². The maximum Gasteiger partial charge on any atom is 0.162 e. The molecule has 1 atom stereocenters. The second kappa shape index (κ2) is 10.7. The maximum absolute atomic E-state index is 6.57. The molecule has 2 aliphatic rings. The lowest BCUT2D eigenvalue weighted by Gasteiger charge is -2.36. The van der Waals surface area contributed by atoms with E-state index in [-0.39, 0.29) is 6.10 Å². The summed E-state index contributed by atoms with van der Waals surface area (Å²) in [5.41, 5.74) is 6.70. The van der Waals surface area contributed by atoms with Gasteiger partial charge in [0, 0.05) is 60.2 Å². The van der Waals surface area contributed by atoms with Gasteiger partial charge in [0.2, 0.25) is 0 Å². The van der Waals surface area contributed by atoms with Crippen molar-refractivity contribution >= 4 is 28.5 Å². The zero-order chi connectivity index (χ0) is 26.8. The molecule has 1 fully saturated rings. The number of hydrogen-bond donors (Lipinski definition) is 1. The number of hydrogen-bond acceptors (Lipinski definition) is 6. The number of anilines is 2. The molecule has 6 nitrogen and oxygen atoms in total. The molecule has 0 bridgehead atoms. The molecular weight excluding hydrogens is 484 g/mol. The van der Waals surface area contributed by atoms with E-state index in [2.05, 4.69) is 63.4 Å². The quantitative estimate of drug-likeness (QED) is 0.274. The SMILES string of the molecule is C#Cc1cccc(Nc2ncnc3cc(OC)c(OC4CCN(C5=Cc6ccccc6C5CC)CC4)cc23)c1. The summed E-state index contributed by atoms with van der Waals surface area (Å²) < 4.78 is 12.3. The predicted octanol–water partition coefficient (Wildman–Crippen LogP) is 6.75. The number of fused-ring (bicyclic) bond motifs is 2. The smallest absolute Gasteiger partial charge is 0.162 e. The van der Waals surface area contributed by atoms with E-state index in [0.717, 1.165) is 54.5 Å². The molecule has 1 aliphatic heterocycles. The first-order valence-corrected chi connectivity index (χ1v) is 13.6. The molecule has 4 aromatic rings. The van der Waals surface area contributed by atoms with E-state index in [4.69, 9.17) is 15.9 Å². The fourth-order valence-electron chi connectivity index (χ4n) is 5.77. The molecular formula is C33H32N4O2. The second-order valence-corrected chi connectivity index (χ2v) is 10.1. The van der Waals surface area contributed by atoms with Gasteiger partial charge in [-0.1, -0.05) is 43.2 Å². The van der Waals surface area contributed by atoms with Crippen LogP contribution in [0.1, 0.15) is 48.8 Å². The molecule has 39 heavy (non-hydrogen) atoms. The largest absolute Gasteiger partial charge is 0.493 e. The van der Waals surface area contributed by atoms with Crippen LogP contribution >= 0.6 is 0 Å². The normalized spacial score (nSPS) is 16.9. The van der Waals surface area contributed by atoms with Crippen LogP contribution in [0.3, 0.4) is 0 Å². The molecule has 6 heteroatoms. The van der Waals surface area contributed by atoms with Gasteiger partial charge >= 0.3 is 0 Å². The van der Waals surface area contributed by atoms with Crippen LogP contribution in [0.15, 0.2) is 72.7 Å². The van der Waals surface area contributed by atoms with Gasteiger partial charge < -0.3 is 19.7 Å². The molecule has 1 aliphatic carbocycles. The Morgan fingerprint density at radius 3 is 2.67 bits per heavy atom. The first kappa shape index (κ1) is 24.8. The van der Waals surface area contributed by atoms with E-state index in [1.165, 1.54) is 16.8 Å². The number of rotatable bonds is 7. The average molecular weight is 517 g/mol. The van der Waals surface area contributed by atoms with Crippen molar-refractivity contribution in [3.8, 4) is 23.8 Å². The van der Waals surface area contributed by atoms with E-state index < -0.39 is 0 Å². The summed E-state index contributed by atoms with van der Waals surface area (Å²) in [5, 5.41) is 4.25. The van der Waals surface area contributed by atoms with Crippen LogP contribution in [0.2, 0.25) is 0 Å². The Hall–Kier alpha value is -4.50. The molecule has 0 saturated carbocycles. The maximum atomic E-state index is 6.57. The third-order valence-electron chi connectivity index (χ3n) is 7.75. The van der Waals surface area contributed by atoms with Gasteiger partial charge in [-0.25, -0.2) is 9.97 Å². The zero-order valence-corrected chi connectivity index (χ0v) is 22.4. The number of methoxy groups -OCH3 is 1. The fourth-order valence-corrected chi connectivity index (χ4v) is 5.77. The molecule has 1 unspecified atom stereocenters. The van der Waals surface area contributed by atoms with Gasteiger partial charge in [-0.3, -0.25) is 0 Å². The van der Waals surface area contributed by atoms with Crippen molar-refractivity contribution in [2.75, 3.05) is 25.5 Å². The number of terminal acetylenes is 1. The fraction of sp³-hybridized carbons (Fsp3) is 0.273. The van der Waals surface area contributed by atoms with Gasteiger partial charge in [-0.05, 0) is 47.9 Å². The van der Waals surface area contributed by atoms with Gasteiger partial charge in [-0.15, -0.1) is 6.42 Å². The third kappa shape index (κ3) is 4.88. The standard InChI is InChI=1S/C33H32N4O2/c1-4-22-9-8-11-24(17-22)36-33-28-19-32(31(38-3)20-29(28)34-21-35-33)39-25-13-15-37(16-14-25)30-18-23-10-6-7-12-27(23)26(30)5-2/h1,6-12,17-21,25-26H,5,13-16H2,2-3H3,(H,34,35,36). The molecule has 1 saturated heterocycles. The first-order chi connectivity index (χ1) is 19.2. The summed E-state index contributed by atoms with van der Waals surface area (Å²) in [5.74, 6) is 5.22. The summed E-state index contributed by atoms with van der Waals surface area (Å²) in [6.07, 6.45) is 12.6. The molecule has 1 N–H and O–H groups in total. The van der Waals surface area contributed by atoms with Gasteiger partial charge in [0.1, 0.15) is 18.2 Å². The highest BCUT2D eigenvalue weighted by Gasteiger charge is 2.30. The third-order valence-corrected chi connectivity index (χ3v) is 7.75. The molecule has 0 amide bonds. The molecule has 0 radical (unpaired) electrons. The van der Waals surface area contributed by atoms with E-state index in [1.54, 1.807) is 13.4 Å². The predicted molar refractivity (Wildman–Crippen MR) is 156 cm³/mol. The molecule has 196 valence electrons. The Labute approximate surface area is 229 Å². The van der Waals surface area contributed by atoms with Crippen molar-refractivity contribution in [3.63, 3.8) is 0 Å². The Bertz CT molecular complexity index is 1580. The van der Waals surface area contributed by atoms with Crippen LogP contribution in [0.5, 0.6) is 11.5 Å². The van der Waals surface area contributed by atoms with Gasteiger partial charge in [0.05, 0.1) is 12.6 Å². The Morgan fingerprint density at radius 2 is 1.87 bits per heavy atom. The highest BCUT2D eigenvalue weighted by molar-refractivity contribution is 5.93. The molecule has 3 aromatic carbocycles. The Kier molecular flexibility index (Phi) is 6.81. The minimum Gasteiger partial charge on any atom is -0.493 e. The summed E-state index contributed by atoms with van der Waals surface area (Å²) >= 11 is 0. The minimum atomic E-state index is 0.102. The Morgan fingerprint density at radius 1 is 1.03 bits per heavy atom. The van der Waals surface area contributed by atoms with E-state index in [1.807, 2.05) is 36.4 Å². The van der Waals surface area contributed by atoms with Gasteiger partial charge in [0.25, 0.3) is 0 Å². The van der Waals surface area contributed by atoms with E-state index in [9.17, 15) is 0 Å². The number of allylic oxidation sites excluding steroid dienone is 1. The van der Waals surface area contributed by atoms with Crippen LogP contribution in [0.4, 0.5) is 11.5 Å². The Balaban J connectivity index is 1.20. The van der Waals surface area contributed by atoms with Crippen molar-refractivity contribution in [2.45, 2.75) is 38.2 Å². The molecule has 6 rings (SSSR count). The zero-order valence-electron chi connectivity index (χ0n) is 22.4. The lowest BCUT2D eigenvalue weighted by Crippen LogP contribution is -2.38. The van der Waals surface area contributed by atoms with Crippen molar-refractivity contribution < 1.29 is 9.47 Å². The van der Waals surface area contributed by atoms with Crippen LogP contribution in [-0.2, 0) is 0 Å². The summed E-state index contributed by atoms with van der Waals surface area (Å²) in [7, 11) is 1.66. The van der Waals surface area contributed by atoms with Crippen LogP contribution in [-0.4, -0.2) is 41.2 Å². The molecule has 1 aromatic heterocycles. The van der Waals surface area contributed by atoms with E-state index >= 15 is 0 Å². The lowest BCUT2D eigenvalue weighted by molar-refractivity contribution is 0.112. The van der Waals surface area contributed by atoms with Crippen molar-refractivity contribution in [2.24, 2.45) is 0 Å². The van der Waals surface area contributed by atoms with Crippen LogP contribution in [0, 0.1) is 12.3 Å². The number of nitrogens with zero attached hydrogens (tertiary/aromatic N) is 3. The second-order valence-electron chi connectivity index (χ2n) is 10.1. The van der Waals surface area contributed by atoms with Crippen molar-refractivity contribution in [1.82, 2.24) is 14.9 Å². The minimum absolute atomic E-state index is 0.102. The number of nitrogens with one attached hydrogen (secondary N) is 1. The number of benzene rings is 3. The van der Waals surface area contributed by atoms with Crippen LogP contribution < -0.4 is 14.8 Å². The monoisotopic (exact) mass is 516 g/mol. The van der Waals surface area contributed by atoms with Crippen molar-refractivity contribution in [3.05, 3.63) is 89.4 Å². The molecule has 2 heterocycles. The topological polar surface area (TPSA) is 59.5 Å². The summed E-state index contributed by atoms with van der Waals surface area (Å²) in [6.45, 7) is 4.22. The molecule has 0 spiro atoms. The van der Waals surface area contributed by atoms with E-state index in [0.29, 0.717) is 23.2 Å². The number of ether oxygens (including phenoxy) is 2. The van der Waals surface area contributed by atoms with Crippen LogP contribution in [0.25, 0.3) is 17.0 Å². The van der Waals surface area contributed by atoms with Gasteiger partial charge in [-0.2, -0.15) is 0 Å². The highest BCUT2D eigenvalue weighted by Crippen LogP contribution is 2.41. The number of likely N-dealkylation sites (tertiary alicyclic amines) is 1. The average Bonchev–Trinajstić information content (AvgIpc) is 3.36. The highest BCUT2D eigenvalue weighted by atomic mass is 16.5. The lowest BCUT2D eigenvalue weighted by atomic mass is 9.95. The summed E-state index contributed by atoms with van der Waals surface area (Å²) in [4.78, 5) is 11.5. The number of piperidine rings is 1. The number of aromatic nitrogens is 2. The first-order valence-electron chi connectivity index (χ1n) is 13.6. The summed E-state index contributed by atoms with van der Waals surface area (Å²) in [6, 6.07) is 20.4.